The van der Waals surface area contributed by atoms with Gasteiger partial charge in [0.05, 0.1) is 4.88 Å². The van der Waals surface area contributed by atoms with Crippen LogP contribution >= 0.6 is 11.3 Å². The van der Waals surface area contributed by atoms with E-state index in [0.717, 1.165) is 4.88 Å². The average molecular weight is 180 g/mol. The predicted molar refractivity (Wildman–Crippen MR) is 47.1 cm³/mol. The summed E-state index contributed by atoms with van der Waals surface area (Å²) in [4.78, 5) is 6.41. The van der Waals surface area contributed by atoms with Gasteiger partial charge in [-0.25, -0.2) is 0 Å². The highest BCUT2D eigenvalue weighted by atomic mass is 32.1. The van der Waals surface area contributed by atoms with Gasteiger partial charge in [0.2, 0.25) is 0 Å². The van der Waals surface area contributed by atoms with Crippen LogP contribution in [0.15, 0.2) is 16.7 Å². The molecule has 0 aliphatic rings. The fourth-order valence-electron chi connectivity index (χ4n) is 0.947. The summed E-state index contributed by atoms with van der Waals surface area (Å²) in [6.45, 7) is 3.87. The minimum absolute atomic E-state index is 0.616. The van der Waals surface area contributed by atoms with E-state index in [1.54, 1.807) is 11.3 Å². The molecule has 0 aliphatic carbocycles. The van der Waals surface area contributed by atoms with E-state index in [4.69, 9.17) is 4.52 Å². The Kier molecular flexibility index (Phi) is 1.69. The Morgan fingerprint density at radius 3 is 2.67 bits per heavy atom. The summed E-state index contributed by atoms with van der Waals surface area (Å²) in [6, 6.07) is 4.03. The molecule has 62 valence electrons. The normalized spacial score (nSPS) is 10.5. The van der Waals surface area contributed by atoms with Gasteiger partial charge in [0, 0.05) is 4.88 Å². The second-order valence-corrected chi connectivity index (χ2v) is 3.84. The van der Waals surface area contributed by atoms with Gasteiger partial charge in [0.25, 0.3) is 5.89 Å². The quantitative estimate of drug-likeness (QED) is 0.676. The van der Waals surface area contributed by atoms with Crippen LogP contribution in [-0.4, -0.2) is 10.1 Å². The van der Waals surface area contributed by atoms with Crippen molar-refractivity contribution >= 4 is 11.3 Å². The minimum atomic E-state index is 0.616. The lowest BCUT2D eigenvalue weighted by atomic mass is 10.4. The Morgan fingerprint density at radius 2 is 2.17 bits per heavy atom. The first kappa shape index (κ1) is 7.49. The molecule has 0 aromatic carbocycles. The lowest BCUT2D eigenvalue weighted by Gasteiger charge is -1.82. The van der Waals surface area contributed by atoms with Gasteiger partial charge in [-0.1, -0.05) is 5.16 Å². The third-order valence-corrected chi connectivity index (χ3v) is 2.47. The van der Waals surface area contributed by atoms with E-state index in [0.29, 0.717) is 11.7 Å². The van der Waals surface area contributed by atoms with Crippen LogP contribution in [0.3, 0.4) is 0 Å². The lowest BCUT2D eigenvalue weighted by Crippen LogP contribution is -1.71. The monoisotopic (exact) mass is 180 g/mol. The highest BCUT2D eigenvalue weighted by molar-refractivity contribution is 7.15. The maximum Gasteiger partial charge on any atom is 0.267 e. The Morgan fingerprint density at radius 1 is 1.33 bits per heavy atom. The summed E-state index contributed by atoms with van der Waals surface area (Å²) in [5.41, 5.74) is 0. The van der Waals surface area contributed by atoms with Crippen molar-refractivity contribution in [3.63, 3.8) is 0 Å². The molecule has 12 heavy (non-hydrogen) atoms. The maximum atomic E-state index is 5.01. The fraction of sp³-hybridized carbons (Fsp3) is 0.250. The van der Waals surface area contributed by atoms with E-state index >= 15 is 0 Å². The van der Waals surface area contributed by atoms with Gasteiger partial charge in [0.1, 0.15) is 0 Å². The molecule has 0 bridgehead atoms. The molecule has 0 saturated carbocycles. The Bertz CT molecular complexity index is 353. The minimum Gasteiger partial charge on any atom is -0.333 e. The maximum absolute atomic E-state index is 5.01. The smallest absolute Gasteiger partial charge is 0.267 e. The van der Waals surface area contributed by atoms with Gasteiger partial charge < -0.3 is 4.52 Å². The first-order chi connectivity index (χ1) is 5.75. The summed E-state index contributed by atoms with van der Waals surface area (Å²) in [7, 11) is 0. The highest BCUT2D eigenvalue weighted by Gasteiger charge is 2.07. The second-order valence-electron chi connectivity index (χ2n) is 2.56. The Labute approximate surface area is 74.0 Å². The molecule has 4 heteroatoms. The first-order valence-corrected chi connectivity index (χ1v) is 4.44. The van der Waals surface area contributed by atoms with Crippen molar-refractivity contribution < 1.29 is 4.52 Å². The highest BCUT2D eigenvalue weighted by Crippen LogP contribution is 2.25. The molecule has 2 heterocycles. The summed E-state index contributed by atoms with van der Waals surface area (Å²) < 4.78 is 5.01. The molecule has 0 radical (unpaired) electrons. The van der Waals surface area contributed by atoms with Gasteiger partial charge >= 0.3 is 0 Å². The molecule has 3 nitrogen and oxygen atoms in total. The molecule has 0 N–H and O–H groups in total. The van der Waals surface area contributed by atoms with E-state index < -0.39 is 0 Å². The van der Waals surface area contributed by atoms with E-state index in [1.165, 1.54) is 4.88 Å². The first-order valence-electron chi connectivity index (χ1n) is 3.63. The SMILES string of the molecule is Cc1noc(-c2ccc(C)s2)n1. The molecule has 0 spiro atoms. The standard InChI is InChI=1S/C8H8N2OS/c1-5-3-4-7(12-5)8-9-6(2)10-11-8/h3-4H,1-2H3. The molecular weight excluding hydrogens is 172 g/mol. The van der Waals surface area contributed by atoms with Crippen molar-refractivity contribution in [1.29, 1.82) is 0 Å². The zero-order chi connectivity index (χ0) is 8.55. The van der Waals surface area contributed by atoms with Gasteiger partial charge in [0.15, 0.2) is 5.82 Å². The van der Waals surface area contributed by atoms with Crippen LogP contribution in [0.5, 0.6) is 0 Å². The molecule has 2 aromatic rings. The second kappa shape index (κ2) is 2.71. The number of aromatic nitrogens is 2. The molecule has 2 rings (SSSR count). The molecule has 0 fully saturated rings. The van der Waals surface area contributed by atoms with Crippen LogP contribution in [0, 0.1) is 13.8 Å². The molecule has 2 aromatic heterocycles. The summed E-state index contributed by atoms with van der Waals surface area (Å²) >= 11 is 1.66. The van der Waals surface area contributed by atoms with Crippen LogP contribution in [0.4, 0.5) is 0 Å². The number of hydrogen-bond donors (Lipinski definition) is 0. The van der Waals surface area contributed by atoms with Crippen molar-refractivity contribution in [3.05, 3.63) is 22.8 Å². The Hall–Kier alpha value is -1.16. The molecule has 0 amide bonds. The third kappa shape index (κ3) is 1.25. The fourth-order valence-corrected chi connectivity index (χ4v) is 1.74. The zero-order valence-corrected chi connectivity index (χ0v) is 7.68. The third-order valence-electron chi connectivity index (χ3n) is 1.48. The Balaban J connectivity index is 2.43. The molecular formula is C8H8N2OS. The number of hydrogen-bond acceptors (Lipinski definition) is 4. The van der Waals surface area contributed by atoms with E-state index in [9.17, 15) is 0 Å². The van der Waals surface area contributed by atoms with Crippen molar-refractivity contribution in [2.75, 3.05) is 0 Å². The number of rotatable bonds is 1. The number of nitrogens with zero attached hydrogens (tertiary/aromatic N) is 2. The van der Waals surface area contributed by atoms with Crippen molar-refractivity contribution in [3.8, 4) is 10.8 Å². The molecule has 0 aliphatic heterocycles. The zero-order valence-electron chi connectivity index (χ0n) is 6.87. The van der Waals surface area contributed by atoms with E-state index in [1.807, 2.05) is 19.1 Å². The largest absolute Gasteiger partial charge is 0.333 e. The molecule has 0 atom stereocenters. The van der Waals surface area contributed by atoms with Crippen LogP contribution in [-0.2, 0) is 0 Å². The molecule has 0 unspecified atom stereocenters. The van der Waals surface area contributed by atoms with E-state index in [2.05, 4.69) is 17.1 Å². The molecule has 0 saturated heterocycles. The number of thiophene rings is 1. The van der Waals surface area contributed by atoms with Gasteiger partial charge in [-0.05, 0) is 26.0 Å². The average Bonchev–Trinajstić information content (AvgIpc) is 2.58. The van der Waals surface area contributed by atoms with Crippen LogP contribution < -0.4 is 0 Å². The summed E-state index contributed by atoms with van der Waals surface area (Å²) in [6.07, 6.45) is 0. The van der Waals surface area contributed by atoms with Crippen LogP contribution in [0.2, 0.25) is 0 Å². The van der Waals surface area contributed by atoms with Gasteiger partial charge in [-0.2, -0.15) is 4.98 Å². The van der Waals surface area contributed by atoms with Crippen LogP contribution in [0.25, 0.3) is 10.8 Å². The summed E-state index contributed by atoms with van der Waals surface area (Å²) in [5, 5.41) is 3.72. The van der Waals surface area contributed by atoms with E-state index in [-0.39, 0.29) is 0 Å². The predicted octanol–water partition coefficient (Wildman–Crippen LogP) is 2.41. The van der Waals surface area contributed by atoms with Gasteiger partial charge in [-0.15, -0.1) is 11.3 Å². The van der Waals surface area contributed by atoms with Gasteiger partial charge in [-0.3, -0.25) is 0 Å². The van der Waals surface area contributed by atoms with Crippen molar-refractivity contribution in [2.24, 2.45) is 0 Å². The summed E-state index contributed by atoms with van der Waals surface area (Å²) in [5.74, 6) is 1.29. The number of aryl methyl sites for hydroxylation is 2. The lowest BCUT2D eigenvalue weighted by molar-refractivity contribution is 0.426. The van der Waals surface area contributed by atoms with Crippen molar-refractivity contribution in [2.45, 2.75) is 13.8 Å². The van der Waals surface area contributed by atoms with Crippen molar-refractivity contribution in [1.82, 2.24) is 10.1 Å². The topological polar surface area (TPSA) is 38.9 Å². The van der Waals surface area contributed by atoms with Crippen LogP contribution in [0.1, 0.15) is 10.7 Å².